The summed E-state index contributed by atoms with van der Waals surface area (Å²) < 4.78 is 0. The zero-order valence-electron chi connectivity index (χ0n) is 15.6. The summed E-state index contributed by atoms with van der Waals surface area (Å²) in [5.74, 6) is 3.04. The first-order valence-electron chi connectivity index (χ1n) is 10.1. The van der Waals surface area contributed by atoms with Gasteiger partial charge >= 0.3 is 0 Å². The van der Waals surface area contributed by atoms with Crippen LogP contribution in [-0.2, 0) is 0 Å². The summed E-state index contributed by atoms with van der Waals surface area (Å²) in [4.78, 5) is 0. The topological polar surface area (TPSA) is 56.4 Å². The Labute approximate surface area is 146 Å². The highest BCUT2D eigenvalue weighted by molar-refractivity contribution is 5.25. The fourth-order valence-corrected chi connectivity index (χ4v) is 7.56. The fraction of sp³-hybridized carbons (Fsp3) is 0.905. The van der Waals surface area contributed by atoms with Crippen molar-refractivity contribution in [2.24, 2.45) is 39.6 Å². The summed E-state index contributed by atoms with van der Waals surface area (Å²) in [7, 11) is 0. The smallest absolute Gasteiger partial charge is 0.0711 e. The van der Waals surface area contributed by atoms with Gasteiger partial charge in [-0.1, -0.05) is 25.5 Å². The Bertz CT molecular complexity index is 558. The lowest BCUT2D eigenvalue weighted by Gasteiger charge is -2.58. The molecule has 0 heterocycles. The molecular formula is C21H34N2O. The summed E-state index contributed by atoms with van der Waals surface area (Å²) in [6.45, 7) is 7.16. The van der Waals surface area contributed by atoms with Crippen LogP contribution in [0.15, 0.2) is 16.8 Å². The van der Waals surface area contributed by atoms with E-state index < -0.39 is 0 Å². The van der Waals surface area contributed by atoms with E-state index in [-0.39, 0.29) is 12.1 Å². The molecule has 0 saturated heterocycles. The van der Waals surface area contributed by atoms with Crippen molar-refractivity contribution < 1.29 is 5.11 Å². The van der Waals surface area contributed by atoms with Gasteiger partial charge in [0.25, 0.3) is 0 Å². The zero-order valence-corrected chi connectivity index (χ0v) is 15.6. The van der Waals surface area contributed by atoms with Gasteiger partial charge in [-0.25, -0.2) is 5.53 Å². The van der Waals surface area contributed by atoms with Crippen LogP contribution in [0.5, 0.6) is 0 Å². The number of hydrogen-bond acceptors (Lipinski definition) is 3. The number of nitrogens with one attached hydrogen (secondary N) is 1. The number of aliphatic hydroxyl groups is 1. The van der Waals surface area contributed by atoms with E-state index >= 15 is 0 Å². The Morgan fingerprint density at radius 1 is 1.17 bits per heavy atom. The standard InChI is InChI=1S/C21H34N2O/c1-13(23-22)17-6-7-18-16-5-4-14-12-15(24)8-10-20(14,2)19(16)9-11-21(17,18)3/h4,13,15-19,22,24H,5-12H2,1-3H3. The average Bonchev–Trinajstić information content (AvgIpc) is 2.92. The van der Waals surface area contributed by atoms with Crippen LogP contribution in [-0.4, -0.2) is 17.3 Å². The minimum atomic E-state index is -0.106. The normalized spacial score (nSPS) is 51.8. The van der Waals surface area contributed by atoms with E-state index in [9.17, 15) is 5.11 Å². The Balaban J connectivity index is 1.64. The molecule has 0 amide bonds. The molecule has 4 aliphatic carbocycles. The molecule has 8 unspecified atom stereocenters. The molecule has 0 aromatic rings. The molecular weight excluding hydrogens is 296 g/mol. The van der Waals surface area contributed by atoms with Gasteiger partial charge in [0.15, 0.2) is 0 Å². The average molecular weight is 331 g/mol. The van der Waals surface area contributed by atoms with Gasteiger partial charge in [0.05, 0.1) is 12.1 Å². The molecule has 8 atom stereocenters. The number of fused-ring (bicyclic) bond motifs is 5. The largest absolute Gasteiger partial charge is 0.393 e. The van der Waals surface area contributed by atoms with Crippen molar-refractivity contribution in [2.75, 3.05) is 0 Å². The predicted molar refractivity (Wildman–Crippen MR) is 95.8 cm³/mol. The molecule has 2 N–H and O–H groups in total. The molecule has 0 bridgehead atoms. The van der Waals surface area contributed by atoms with Crippen LogP contribution in [0.1, 0.15) is 72.1 Å². The molecule has 0 aromatic heterocycles. The summed E-state index contributed by atoms with van der Waals surface area (Å²) >= 11 is 0. The van der Waals surface area contributed by atoms with Gasteiger partial charge in [0.1, 0.15) is 0 Å². The molecule has 0 spiro atoms. The fourth-order valence-electron chi connectivity index (χ4n) is 7.56. The molecule has 0 radical (unpaired) electrons. The van der Waals surface area contributed by atoms with E-state index in [4.69, 9.17) is 5.53 Å². The van der Waals surface area contributed by atoms with Gasteiger partial charge in [-0.2, -0.15) is 5.11 Å². The first-order chi connectivity index (χ1) is 11.4. The van der Waals surface area contributed by atoms with E-state index in [0.717, 1.165) is 30.6 Å². The monoisotopic (exact) mass is 330 g/mol. The van der Waals surface area contributed by atoms with Gasteiger partial charge in [-0.3, -0.25) is 0 Å². The molecule has 3 fully saturated rings. The molecule has 4 aliphatic rings. The number of hydrogen-bond donors (Lipinski definition) is 2. The lowest BCUT2D eigenvalue weighted by atomic mass is 9.47. The second-order valence-electron chi connectivity index (χ2n) is 9.75. The van der Waals surface area contributed by atoms with E-state index in [1.54, 1.807) is 5.57 Å². The Morgan fingerprint density at radius 2 is 1.96 bits per heavy atom. The van der Waals surface area contributed by atoms with Crippen LogP contribution < -0.4 is 0 Å². The van der Waals surface area contributed by atoms with Crippen molar-refractivity contribution >= 4 is 0 Å². The predicted octanol–water partition coefficient (Wildman–Crippen LogP) is 5.35. The SMILES string of the molecule is CC(N=N)C1CCC2C3CC=C4CC(O)CCC4(C)C3CCC12C. The van der Waals surface area contributed by atoms with Crippen LogP contribution >= 0.6 is 0 Å². The maximum Gasteiger partial charge on any atom is 0.0711 e. The van der Waals surface area contributed by atoms with Crippen LogP contribution in [0, 0.1) is 40.0 Å². The van der Waals surface area contributed by atoms with Crippen LogP contribution in [0.2, 0.25) is 0 Å². The van der Waals surface area contributed by atoms with Gasteiger partial charge in [0, 0.05) is 0 Å². The van der Waals surface area contributed by atoms with E-state index in [1.807, 2.05) is 0 Å². The van der Waals surface area contributed by atoms with Crippen LogP contribution in [0.3, 0.4) is 0 Å². The second kappa shape index (κ2) is 5.65. The van der Waals surface area contributed by atoms with Crippen molar-refractivity contribution in [3.63, 3.8) is 0 Å². The Hall–Kier alpha value is -0.700. The first kappa shape index (κ1) is 16.8. The lowest BCUT2D eigenvalue weighted by molar-refractivity contribution is -0.0522. The molecule has 3 saturated carbocycles. The van der Waals surface area contributed by atoms with Gasteiger partial charge in [-0.15, -0.1) is 0 Å². The number of nitrogens with zero attached hydrogens (tertiary/aromatic N) is 1. The summed E-state index contributed by atoms with van der Waals surface area (Å²) in [5, 5.41) is 14.0. The summed E-state index contributed by atoms with van der Waals surface area (Å²) in [6.07, 6.45) is 12.0. The zero-order chi connectivity index (χ0) is 17.1. The first-order valence-corrected chi connectivity index (χ1v) is 10.1. The minimum Gasteiger partial charge on any atom is -0.393 e. The highest BCUT2D eigenvalue weighted by Crippen LogP contribution is 2.66. The summed E-state index contributed by atoms with van der Waals surface area (Å²) in [6, 6.07) is 0.187. The van der Waals surface area contributed by atoms with Crippen molar-refractivity contribution in [3.8, 4) is 0 Å². The molecule has 134 valence electrons. The Kier molecular flexibility index (Phi) is 3.95. The van der Waals surface area contributed by atoms with Crippen molar-refractivity contribution in [2.45, 2.75) is 84.3 Å². The maximum atomic E-state index is 10.1. The number of rotatable bonds is 2. The lowest BCUT2D eigenvalue weighted by Crippen LogP contribution is -2.51. The third-order valence-corrected chi connectivity index (χ3v) is 8.94. The van der Waals surface area contributed by atoms with E-state index in [0.29, 0.717) is 16.7 Å². The van der Waals surface area contributed by atoms with E-state index in [1.165, 1.54) is 38.5 Å². The number of aliphatic hydroxyl groups excluding tert-OH is 1. The maximum absolute atomic E-state index is 10.1. The highest BCUT2D eigenvalue weighted by atomic mass is 16.3. The molecule has 3 nitrogen and oxygen atoms in total. The van der Waals surface area contributed by atoms with Gasteiger partial charge in [-0.05, 0) is 92.8 Å². The van der Waals surface area contributed by atoms with Gasteiger partial charge < -0.3 is 5.11 Å². The van der Waals surface area contributed by atoms with Crippen molar-refractivity contribution in [1.82, 2.24) is 0 Å². The minimum absolute atomic E-state index is 0.106. The summed E-state index contributed by atoms with van der Waals surface area (Å²) in [5.41, 5.74) is 9.81. The Morgan fingerprint density at radius 3 is 2.71 bits per heavy atom. The molecule has 24 heavy (non-hydrogen) atoms. The third kappa shape index (κ3) is 2.19. The molecule has 3 heteroatoms. The quantitative estimate of drug-likeness (QED) is 0.520. The van der Waals surface area contributed by atoms with Crippen molar-refractivity contribution in [3.05, 3.63) is 11.6 Å². The molecule has 0 aliphatic heterocycles. The molecule has 4 rings (SSSR count). The third-order valence-electron chi connectivity index (χ3n) is 8.94. The van der Waals surface area contributed by atoms with Crippen LogP contribution in [0.4, 0.5) is 0 Å². The van der Waals surface area contributed by atoms with Gasteiger partial charge in [0.2, 0.25) is 0 Å². The number of allylic oxidation sites excluding steroid dienone is 1. The van der Waals surface area contributed by atoms with Crippen molar-refractivity contribution in [1.29, 1.82) is 5.53 Å². The van der Waals surface area contributed by atoms with E-state index in [2.05, 4.69) is 32.0 Å². The second-order valence-corrected chi connectivity index (χ2v) is 9.75. The molecule has 0 aromatic carbocycles. The highest BCUT2D eigenvalue weighted by Gasteiger charge is 2.59. The van der Waals surface area contributed by atoms with Crippen LogP contribution in [0.25, 0.3) is 0 Å².